The first-order valence-corrected chi connectivity index (χ1v) is 7.31. The van der Waals surface area contributed by atoms with E-state index in [0.717, 1.165) is 34.0 Å². The zero-order valence-corrected chi connectivity index (χ0v) is 12.8. The highest BCUT2D eigenvalue weighted by Crippen LogP contribution is 2.20. The molecule has 1 nitrogen and oxygen atoms in total. The first-order valence-electron chi connectivity index (χ1n) is 6.51. The lowest BCUT2D eigenvalue weighted by Gasteiger charge is -2.07. The van der Waals surface area contributed by atoms with E-state index in [-0.39, 0.29) is 5.78 Å². The van der Waals surface area contributed by atoms with Crippen LogP contribution in [0.25, 0.3) is 0 Å². The summed E-state index contributed by atoms with van der Waals surface area (Å²) in [5.74, 6) is 0.0850. The van der Waals surface area contributed by atoms with Crippen molar-refractivity contribution in [3.63, 3.8) is 0 Å². The molecule has 0 aromatic heterocycles. The monoisotopic (exact) mass is 316 g/mol. The van der Waals surface area contributed by atoms with Gasteiger partial charge in [-0.3, -0.25) is 4.79 Å². The van der Waals surface area contributed by atoms with Gasteiger partial charge in [-0.15, -0.1) is 0 Å². The van der Waals surface area contributed by atoms with Crippen molar-refractivity contribution in [3.8, 4) is 0 Å². The normalized spacial score (nSPS) is 10.5. The molecule has 0 aliphatic carbocycles. The van der Waals surface area contributed by atoms with Crippen molar-refractivity contribution in [3.05, 3.63) is 69.2 Å². The highest BCUT2D eigenvalue weighted by atomic mass is 79.9. The van der Waals surface area contributed by atoms with Crippen LogP contribution in [-0.4, -0.2) is 5.78 Å². The predicted octanol–water partition coefficient (Wildman–Crippen LogP) is 4.94. The molecule has 0 atom stereocenters. The van der Waals surface area contributed by atoms with Gasteiger partial charge in [-0.1, -0.05) is 59.6 Å². The number of ketones is 1. The summed E-state index contributed by atoms with van der Waals surface area (Å²) < 4.78 is 0.934. The van der Waals surface area contributed by atoms with Crippen LogP contribution in [0.4, 0.5) is 0 Å². The van der Waals surface area contributed by atoms with Gasteiger partial charge in [-0.2, -0.15) is 0 Å². The molecule has 0 unspecified atom stereocenters. The molecule has 2 aromatic carbocycles. The fourth-order valence-electron chi connectivity index (χ4n) is 2.11. The standard InChI is InChI=1S/C17H17BrO/c1-3-4-13-6-8-14(9-7-13)17(19)16-11-15(18)10-5-12(16)2/h5-11H,3-4H2,1-2H3. The Morgan fingerprint density at radius 3 is 2.42 bits per heavy atom. The van der Waals surface area contributed by atoms with Crippen molar-refractivity contribution < 1.29 is 4.79 Å². The number of rotatable bonds is 4. The summed E-state index contributed by atoms with van der Waals surface area (Å²) in [6.07, 6.45) is 2.18. The number of aryl methyl sites for hydroxylation is 2. The molecule has 2 heteroatoms. The van der Waals surface area contributed by atoms with Gasteiger partial charge in [0.2, 0.25) is 0 Å². The average molecular weight is 317 g/mol. The van der Waals surface area contributed by atoms with Crippen LogP contribution in [0.1, 0.15) is 40.4 Å². The number of hydrogen-bond acceptors (Lipinski definition) is 1. The minimum atomic E-state index is 0.0850. The maximum atomic E-state index is 12.5. The van der Waals surface area contributed by atoms with Gasteiger partial charge in [0, 0.05) is 15.6 Å². The van der Waals surface area contributed by atoms with Gasteiger partial charge in [0.1, 0.15) is 0 Å². The largest absolute Gasteiger partial charge is 0.289 e. The number of carbonyl (C=O) groups excluding carboxylic acids is 1. The van der Waals surface area contributed by atoms with Gasteiger partial charge in [0.25, 0.3) is 0 Å². The van der Waals surface area contributed by atoms with Gasteiger partial charge in [0.15, 0.2) is 5.78 Å². The Bertz CT molecular complexity index is 585. The maximum absolute atomic E-state index is 12.5. The molecule has 0 spiro atoms. The summed E-state index contributed by atoms with van der Waals surface area (Å²) in [6.45, 7) is 4.12. The van der Waals surface area contributed by atoms with E-state index in [1.165, 1.54) is 5.56 Å². The van der Waals surface area contributed by atoms with Crippen LogP contribution in [0, 0.1) is 6.92 Å². The van der Waals surface area contributed by atoms with Gasteiger partial charge in [-0.05, 0) is 36.6 Å². The number of benzene rings is 2. The van der Waals surface area contributed by atoms with E-state index in [1.807, 2.05) is 49.4 Å². The molecule has 0 fully saturated rings. The second-order valence-corrected chi connectivity index (χ2v) is 5.65. The Balaban J connectivity index is 2.30. The zero-order chi connectivity index (χ0) is 13.8. The third-order valence-corrected chi connectivity index (χ3v) is 3.69. The van der Waals surface area contributed by atoms with E-state index < -0.39 is 0 Å². The van der Waals surface area contributed by atoms with E-state index in [0.29, 0.717) is 0 Å². The fourth-order valence-corrected chi connectivity index (χ4v) is 2.47. The van der Waals surface area contributed by atoms with Crippen LogP contribution in [0.2, 0.25) is 0 Å². The fraction of sp³-hybridized carbons (Fsp3) is 0.235. The van der Waals surface area contributed by atoms with Crippen molar-refractivity contribution >= 4 is 21.7 Å². The third-order valence-electron chi connectivity index (χ3n) is 3.20. The third kappa shape index (κ3) is 3.32. The van der Waals surface area contributed by atoms with Crippen LogP contribution in [0.3, 0.4) is 0 Å². The first kappa shape index (κ1) is 14.0. The first-order chi connectivity index (χ1) is 9.11. The molecule has 0 aliphatic heterocycles. The minimum Gasteiger partial charge on any atom is -0.289 e. The van der Waals surface area contributed by atoms with Crippen LogP contribution in [-0.2, 0) is 6.42 Å². The van der Waals surface area contributed by atoms with E-state index in [4.69, 9.17) is 0 Å². The molecule has 0 heterocycles. The summed E-state index contributed by atoms with van der Waals surface area (Å²) >= 11 is 3.42. The van der Waals surface area contributed by atoms with Crippen LogP contribution >= 0.6 is 15.9 Å². The molecule has 19 heavy (non-hydrogen) atoms. The summed E-state index contributed by atoms with van der Waals surface area (Å²) in [4.78, 5) is 12.5. The molecule has 0 saturated heterocycles. The lowest BCUT2D eigenvalue weighted by atomic mass is 9.98. The lowest BCUT2D eigenvalue weighted by molar-refractivity contribution is 0.103. The molecule has 0 radical (unpaired) electrons. The molecule has 0 bridgehead atoms. The number of halogens is 1. The molecule has 0 saturated carbocycles. The Hall–Kier alpha value is -1.41. The van der Waals surface area contributed by atoms with E-state index in [9.17, 15) is 4.79 Å². The smallest absolute Gasteiger partial charge is 0.193 e. The molecule has 0 aliphatic rings. The van der Waals surface area contributed by atoms with Gasteiger partial charge < -0.3 is 0 Å². The van der Waals surface area contributed by atoms with Gasteiger partial charge in [0.05, 0.1) is 0 Å². The number of carbonyl (C=O) groups is 1. The molecule has 0 amide bonds. The van der Waals surface area contributed by atoms with Crippen molar-refractivity contribution in [1.82, 2.24) is 0 Å². The van der Waals surface area contributed by atoms with E-state index in [1.54, 1.807) is 0 Å². The Labute approximate surface area is 122 Å². The number of hydrogen-bond donors (Lipinski definition) is 0. The summed E-state index contributed by atoms with van der Waals surface area (Å²) in [7, 11) is 0. The second kappa shape index (κ2) is 6.16. The molecule has 0 N–H and O–H groups in total. The van der Waals surface area contributed by atoms with Crippen molar-refractivity contribution in [2.24, 2.45) is 0 Å². The van der Waals surface area contributed by atoms with Crippen molar-refractivity contribution in [2.45, 2.75) is 26.7 Å². The highest BCUT2D eigenvalue weighted by Gasteiger charge is 2.12. The van der Waals surface area contributed by atoms with Crippen molar-refractivity contribution in [2.75, 3.05) is 0 Å². The van der Waals surface area contributed by atoms with Gasteiger partial charge in [-0.25, -0.2) is 0 Å². The summed E-state index contributed by atoms with van der Waals surface area (Å²) in [6, 6.07) is 13.7. The Morgan fingerprint density at radius 1 is 1.11 bits per heavy atom. The quantitative estimate of drug-likeness (QED) is 0.730. The van der Waals surface area contributed by atoms with E-state index in [2.05, 4.69) is 22.9 Å². The van der Waals surface area contributed by atoms with Crippen molar-refractivity contribution in [1.29, 1.82) is 0 Å². The molecular weight excluding hydrogens is 300 g/mol. The summed E-state index contributed by atoms with van der Waals surface area (Å²) in [5, 5.41) is 0. The molecular formula is C17H17BrO. The second-order valence-electron chi connectivity index (χ2n) is 4.74. The van der Waals surface area contributed by atoms with Crippen LogP contribution < -0.4 is 0 Å². The maximum Gasteiger partial charge on any atom is 0.193 e. The molecule has 2 rings (SSSR count). The average Bonchev–Trinajstić information content (AvgIpc) is 2.42. The Kier molecular flexibility index (Phi) is 4.54. The SMILES string of the molecule is CCCc1ccc(C(=O)c2cc(Br)ccc2C)cc1. The van der Waals surface area contributed by atoms with Crippen LogP contribution in [0.5, 0.6) is 0 Å². The van der Waals surface area contributed by atoms with Gasteiger partial charge >= 0.3 is 0 Å². The molecule has 2 aromatic rings. The van der Waals surface area contributed by atoms with Crippen LogP contribution in [0.15, 0.2) is 46.9 Å². The topological polar surface area (TPSA) is 17.1 Å². The Morgan fingerprint density at radius 2 is 1.79 bits per heavy atom. The lowest BCUT2D eigenvalue weighted by Crippen LogP contribution is -2.03. The molecule has 98 valence electrons. The predicted molar refractivity (Wildman–Crippen MR) is 82.7 cm³/mol. The summed E-state index contributed by atoms with van der Waals surface area (Å²) in [5.41, 5.74) is 3.80. The highest BCUT2D eigenvalue weighted by molar-refractivity contribution is 9.10. The van der Waals surface area contributed by atoms with E-state index >= 15 is 0 Å². The zero-order valence-electron chi connectivity index (χ0n) is 11.2. The minimum absolute atomic E-state index is 0.0850.